The molecule has 43 heavy (non-hydrogen) atoms. The first-order chi connectivity index (χ1) is 20.0. The highest BCUT2D eigenvalue weighted by molar-refractivity contribution is 6.37. The quantitative estimate of drug-likeness (QED) is 0.262. The van der Waals surface area contributed by atoms with Crippen LogP contribution in [-0.4, -0.2) is 89.0 Å². The third-order valence-corrected chi connectivity index (χ3v) is 9.07. The molecule has 0 radical (unpaired) electrons. The van der Waals surface area contributed by atoms with Crippen molar-refractivity contribution >= 4 is 35.4 Å². The molecule has 2 aliphatic heterocycles. The topological polar surface area (TPSA) is 171 Å². The molecule has 4 atom stereocenters. The van der Waals surface area contributed by atoms with Crippen molar-refractivity contribution in [2.75, 3.05) is 19.6 Å². The minimum atomic E-state index is -1.09. The summed E-state index contributed by atoms with van der Waals surface area (Å²) in [5.41, 5.74) is 4.22. The summed E-state index contributed by atoms with van der Waals surface area (Å²) >= 11 is 0. The molecule has 1 unspecified atom stereocenters. The van der Waals surface area contributed by atoms with E-state index in [4.69, 9.17) is 5.73 Å². The van der Waals surface area contributed by atoms with E-state index in [2.05, 4.69) is 16.0 Å². The van der Waals surface area contributed by atoms with Gasteiger partial charge in [-0.15, -0.1) is 0 Å². The fraction of sp³-hybridized carbons (Fsp3) is 0.806. The van der Waals surface area contributed by atoms with E-state index in [0.717, 1.165) is 32.1 Å². The lowest BCUT2D eigenvalue weighted by Gasteiger charge is -2.39. The number of nitrogens with two attached hydrogens (primary N) is 1. The molecular weight excluding hydrogens is 552 g/mol. The fourth-order valence-corrected chi connectivity index (χ4v) is 5.99. The van der Waals surface area contributed by atoms with Crippen LogP contribution in [0.3, 0.4) is 0 Å². The standard InChI is InChI=1S/C31H52N6O6/c1-30(2,3)22(18-36-15-8-7-14-23(36)38)34-29(43)35-25(31(4,5)6)28(42)37-16-10-13-21(37)27(41)33-20(24(39)26(32)40)17-19-11-9-12-19/h19-22,25H,7-18H2,1-6H3,(H2,32,40)(H,33,41)(H2,34,35,43)/t20?,21-,22+,25+/m0/s1. The zero-order chi connectivity index (χ0) is 32.1. The summed E-state index contributed by atoms with van der Waals surface area (Å²) in [4.78, 5) is 80.6. The molecular formula is C31H52N6O6. The minimum absolute atomic E-state index is 0.0799. The van der Waals surface area contributed by atoms with Crippen LogP contribution in [0, 0.1) is 16.7 Å². The third-order valence-electron chi connectivity index (χ3n) is 9.07. The van der Waals surface area contributed by atoms with E-state index in [1.165, 1.54) is 4.90 Å². The first-order valence-electron chi connectivity index (χ1n) is 15.8. The SMILES string of the molecule is CC(C)(C)[C@H](NC(=O)N[C@H](CN1CCCCC1=O)C(C)(C)C)C(=O)N1CCC[C@H]1C(=O)NC(CC1CCC1)C(=O)C(N)=O. The van der Waals surface area contributed by atoms with Crippen molar-refractivity contribution in [1.29, 1.82) is 0 Å². The number of urea groups is 1. The van der Waals surface area contributed by atoms with Crippen molar-refractivity contribution < 1.29 is 28.8 Å². The van der Waals surface area contributed by atoms with Gasteiger partial charge in [-0.2, -0.15) is 0 Å². The van der Waals surface area contributed by atoms with Crippen LogP contribution in [-0.2, 0) is 24.0 Å². The highest BCUT2D eigenvalue weighted by atomic mass is 16.2. The van der Waals surface area contributed by atoms with Crippen LogP contribution in [0.2, 0.25) is 0 Å². The molecule has 12 heteroatoms. The van der Waals surface area contributed by atoms with Gasteiger partial charge in [-0.05, 0) is 48.9 Å². The Balaban J connectivity index is 1.71. The Morgan fingerprint density at radius 2 is 1.53 bits per heavy atom. The molecule has 1 saturated carbocycles. The summed E-state index contributed by atoms with van der Waals surface area (Å²) < 4.78 is 0. The second kappa shape index (κ2) is 14.1. The van der Waals surface area contributed by atoms with Gasteiger partial charge in [-0.25, -0.2) is 4.79 Å². The number of nitrogens with zero attached hydrogens (tertiary/aromatic N) is 2. The molecule has 0 aromatic rings. The summed E-state index contributed by atoms with van der Waals surface area (Å²) in [6.45, 7) is 12.9. The number of likely N-dealkylation sites (tertiary alicyclic amines) is 2. The van der Waals surface area contributed by atoms with E-state index in [1.54, 1.807) is 4.90 Å². The van der Waals surface area contributed by atoms with Gasteiger partial charge in [0.15, 0.2) is 0 Å². The Hall–Kier alpha value is -3.18. The van der Waals surface area contributed by atoms with Crippen molar-refractivity contribution in [3.05, 3.63) is 0 Å². The van der Waals surface area contributed by atoms with Crippen LogP contribution in [0.1, 0.15) is 99.3 Å². The lowest BCUT2D eigenvalue weighted by molar-refractivity contribution is -0.143. The van der Waals surface area contributed by atoms with Crippen LogP contribution < -0.4 is 21.7 Å². The molecule has 3 aliphatic rings. The van der Waals surface area contributed by atoms with Gasteiger partial charge in [0, 0.05) is 26.1 Å². The third kappa shape index (κ3) is 9.15. The number of ketones is 1. The van der Waals surface area contributed by atoms with Crippen molar-refractivity contribution in [2.45, 2.75) is 123 Å². The van der Waals surface area contributed by atoms with Crippen LogP contribution in [0.4, 0.5) is 4.79 Å². The molecule has 6 amide bonds. The van der Waals surface area contributed by atoms with Crippen molar-refractivity contribution in [3.8, 4) is 0 Å². The smallest absolute Gasteiger partial charge is 0.315 e. The number of hydrogen-bond acceptors (Lipinski definition) is 6. The van der Waals surface area contributed by atoms with Crippen LogP contribution in [0.15, 0.2) is 0 Å². The van der Waals surface area contributed by atoms with Crippen molar-refractivity contribution in [2.24, 2.45) is 22.5 Å². The van der Waals surface area contributed by atoms with Crippen LogP contribution in [0.25, 0.3) is 0 Å². The number of amides is 6. The Morgan fingerprint density at radius 3 is 2.07 bits per heavy atom. The fourth-order valence-electron chi connectivity index (χ4n) is 5.99. The number of carbonyl (C=O) groups is 6. The van der Waals surface area contributed by atoms with Gasteiger partial charge >= 0.3 is 6.03 Å². The van der Waals surface area contributed by atoms with Gasteiger partial charge in [0.1, 0.15) is 12.1 Å². The molecule has 3 rings (SSSR count). The number of rotatable bonds is 11. The predicted octanol–water partition coefficient (Wildman–Crippen LogP) is 1.85. The number of primary amides is 1. The largest absolute Gasteiger partial charge is 0.363 e. The first kappa shape index (κ1) is 34.3. The van der Waals surface area contributed by atoms with E-state index in [9.17, 15) is 28.8 Å². The lowest BCUT2D eigenvalue weighted by Crippen LogP contribution is -2.62. The number of piperidine rings is 1. The zero-order valence-electron chi connectivity index (χ0n) is 26.8. The monoisotopic (exact) mass is 604 g/mol. The van der Waals surface area contributed by atoms with Gasteiger partial charge in [0.25, 0.3) is 5.91 Å². The summed E-state index contributed by atoms with van der Waals surface area (Å²) in [7, 11) is 0. The van der Waals surface area contributed by atoms with Gasteiger partial charge in [-0.3, -0.25) is 24.0 Å². The molecule has 5 N–H and O–H groups in total. The van der Waals surface area contributed by atoms with Gasteiger partial charge in [0.2, 0.25) is 23.5 Å². The van der Waals surface area contributed by atoms with Gasteiger partial charge in [0.05, 0.1) is 12.1 Å². The van der Waals surface area contributed by atoms with Crippen LogP contribution >= 0.6 is 0 Å². The highest BCUT2D eigenvalue weighted by Crippen LogP contribution is 2.31. The number of hydrogen-bond donors (Lipinski definition) is 4. The van der Waals surface area contributed by atoms with Gasteiger partial charge in [-0.1, -0.05) is 60.8 Å². The van der Waals surface area contributed by atoms with E-state index in [-0.39, 0.29) is 23.3 Å². The van der Waals surface area contributed by atoms with E-state index < -0.39 is 53.1 Å². The Labute approximate surface area is 255 Å². The number of nitrogens with one attached hydrogen (secondary N) is 3. The maximum Gasteiger partial charge on any atom is 0.315 e. The van der Waals surface area contributed by atoms with Crippen molar-refractivity contribution in [1.82, 2.24) is 25.8 Å². The minimum Gasteiger partial charge on any atom is -0.363 e. The molecule has 242 valence electrons. The van der Waals surface area contributed by atoms with E-state index in [1.807, 2.05) is 41.5 Å². The predicted molar refractivity (Wildman–Crippen MR) is 161 cm³/mol. The molecule has 0 bridgehead atoms. The molecule has 0 spiro atoms. The zero-order valence-corrected chi connectivity index (χ0v) is 26.8. The van der Waals surface area contributed by atoms with E-state index in [0.29, 0.717) is 45.3 Å². The molecule has 1 aliphatic carbocycles. The molecule has 12 nitrogen and oxygen atoms in total. The average Bonchev–Trinajstić information content (AvgIpc) is 3.37. The molecule has 0 aromatic heterocycles. The first-order valence-corrected chi connectivity index (χ1v) is 15.8. The normalized spacial score (nSPS) is 21.8. The Kier molecular flexibility index (Phi) is 11.2. The summed E-state index contributed by atoms with van der Waals surface area (Å²) in [5.74, 6) is -2.49. The summed E-state index contributed by atoms with van der Waals surface area (Å²) in [5, 5.41) is 8.59. The van der Waals surface area contributed by atoms with E-state index >= 15 is 0 Å². The average molecular weight is 605 g/mol. The van der Waals surface area contributed by atoms with Crippen molar-refractivity contribution in [3.63, 3.8) is 0 Å². The molecule has 0 aromatic carbocycles. The van der Waals surface area contributed by atoms with Crippen LogP contribution in [0.5, 0.6) is 0 Å². The summed E-state index contributed by atoms with van der Waals surface area (Å²) in [6, 6.07) is -3.68. The Bertz CT molecular complexity index is 1080. The van der Waals surface area contributed by atoms with Gasteiger partial charge < -0.3 is 31.5 Å². The number of Topliss-reactive ketones (excluding diaryl/α,β-unsaturated/α-hetero) is 1. The molecule has 3 fully saturated rings. The number of carbonyl (C=O) groups excluding carboxylic acids is 6. The summed E-state index contributed by atoms with van der Waals surface area (Å²) in [6.07, 6.45) is 6.54. The lowest BCUT2D eigenvalue weighted by atomic mass is 9.80. The second-order valence-corrected chi connectivity index (χ2v) is 14.6. The maximum absolute atomic E-state index is 14.0. The molecule has 2 heterocycles. The highest BCUT2D eigenvalue weighted by Gasteiger charge is 2.43. The maximum atomic E-state index is 14.0. The molecule has 2 saturated heterocycles. The second-order valence-electron chi connectivity index (χ2n) is 14.6. The Morgan fingerprint density at radius 1 is 0.860 bits per heavy atom.